The SMILES string of the molecule is CCc1cccc2c1CCC(N)(C(=O)O)C2. The van der Waals surface area contributed by atoms with Gasteiger partial charge in [0.05, 0.1) is 0 Å². The number of rotatable bonds is 2. The first kappa shape index (κ1) is 11.1. The zero-order valence-corrected chi connectivity index (χ0v) is 9.49. The van der Waals surface area contributed by atoms with Crippen molar-refractivity contribution in [3.05, 3.63) is 34.9 Å². The first-order valence-corrected chi connectivity index (χ1v) is 5.69. The van der Waals surface area contributed by atoms with Crippen molar-refractivity contribution in [3.63, 3.8) is 0 Å². The fourth-order valence-electron chi connectivity index (χ4n) is 2.46. The summed E-state index contributed by atoms with van der Waals surface area (Å²) in [5.74, 6) is -0.889. The molecule has 1 aliphatic rings. The van der Waals surface area contributed by atoms with Crippen molar-refractivity contribution >= 4 is 5.97 Å². The van der Waals surface area contributed by atoms with E-state index in [1.54, 1.807) is 0 Å². The van der Waals surface area contributed by atoms with Crippen molar-refractivity contribution in [2.75, 3.05) is 0 Å². The Kier molecular flexibility index (Phi) is 2.72. The molecule has 1 aromatic carbocycles. The van der Waals surface area contributed by atoms with Gasteiger partial charge in [0, 0.05) is 6.42 Å². The van der Waals surface area contributed by atoms with Gasteiger partial charge in [-0.2, -0.15) is 0 Å². The highest BCUT2D eigenvalue weighted by Gasteiger charge is 2.37. The van der Waals surface area contributed by atoms with Gasteiger partial charge in [0.25, 0.3) is 0 Å². The summed E-state index contributed by atoms with van der Waals surface area (Å²) in [6.45, 7) is 2.12. The van der Waals surface area contributed by atoms with Crippen LogP contribution in [0.5, 0.6) is 0 Å². The van der Waals surface area contributed by atoms with Crippen LogP contribution in [0.2, 0.25) is 0 Å². The maximum Gasteiger partial charge on any atom is 0.324 e. The summed E-state index contributed by atoms with van der Waals surface area (Å²) in [6.07, 6.45) is 2.76. The van der Waals surface area contributed by atoms with Gasteiger partial charge >= 0.3 is 5.97 Å². The second kappa shape index (κ2) is 3.91. The van der Waals surface area contributed by atoms with Crippen LogP contribution in [0.3, 0.4) is 0 Å². The molecule has 0 saturated carbocycles. The van der Waals surface area contributed by atoms with E-state index < -0.39 is 11.5 Å². The van der Waals surface area contributed by atoms with E-state index in [-0.39, 0.29) is 0 Å². The molecule has 0 aromatic heterocycles. The van der Waals surface area contributed by atoms with E-state index in [1.165, 1.54) is 11.1 Å². The predicted molar refractivity (Wildman–Crippen MR) is 62.4 cm³/mol. The zero-order valence-electron chi connectivity index (χ0n) is 9.49. The van der Waals surface area contributed by atoms with Crippen LogP contribution >= 0.6 is 0 Å². The van der Waals surface area contributed by atoms with E-state index >= 15 is 0 Å². The summed E-state index contributed by atoms with van der Waals surface area (Å²) in [4.78, 5) is 11.1. The van der Waals surface area contributed by atoms with Gasteiger partial charge in [-0.25, -0.2) is 0 Å². The number of carbonyl (C=O) groups is 1. The van der Waals surface area contributed by atoms with Crippen LogP contribution in [0, 0.1) is 0 Å². The Morgan fingerprint density at radius 2 is 2.31 bits per heavy atom. The van der Waals surface area contributed by atoms with Gasteiger partial charge in [-0.1, -0.05) is 25.1 Å². The number of carboxylic acids is 1. The minimum atomic E-state index is -1.07. The molecule has 1 unspecified atom stereocenters. The van der Waals surface area contributed by atoms with Crippen molar-refractivity contribution < 1.29 is 9.90 Å². The Bertz CT molecular complexity index is 428. The number of carboxylic acid groups (broad SMARTS) is 1. The number of fused-ring (bicyclic) bond motifs is 1. The molecule has 0 amide bonds. The van der Waals surface area contributed by atoms with Crippen LogP contribution in [-0.2, 0) is 24.1 Å². The summed E-state index contributed by atoms with van der Waals surface area (Å²) < 4.78 is 0. The lowest BCUT2D eigenvalue weighted by Gasteiger charge is -2.31. The molecule has 0 saturated heterocycles. The third-order valence-corrected chi connectivity index (χ3v) is 3.50. The van der Waals surface area contributed by atoms with Gasteiger partial charge in [0.1, 0.15) is 5.54 Å². The summed E-state index contributed by atoms with van der Waals surface area (Å²) in [5, 5.41) is 9.12. The monoisotopic (exact) mass is 219 g/mol. The summed E-state index contributed by atoms with van der Waals surface area (Å²) in [7, 11) is 0. The molecule has 86 valence electrons. The highest BCUT2D eigenvalue weighted by molar-refractivity contribution is 5.79. The van der Waals surface area contributed by atoms with Crippen molar-refractivity contribution in [2.45, 2.75) is 38.1 Å². The van der Waals surface area contributed by atoms with Crippen LogP contribution in [-0.4, -0.2) is 16.6 Å². The Labute approximate surface area is 95.3 Å². The van der Waals surface area contributed by atoms with Crippen LogP contribution in [0.25, 0.3) is 0 Å². The maximum atomic E-state index is 11.1. The molecule has 2 rings (SSSR count). The fourth-order valence-corrected chi connectivity index (χ4v) is 2.46. The Hall–Kier alpha value is -1.35. The lowest BCUT2D eigenvalue weighted by molar-refractivity contribution is -0.143. The standard InChI is InChI=1S/C13H17NO2/c1-2-9-4-3-5-10-8-13(14,12(15)16)7-6-11(9)10/h3-5H,2,6-8,14H2,1H3,(H,15,16). The molecular weight excluding hydrogens is 202 g/mol. The number of hydrogen-bond acceptors (Lipinski definition) is 2. The molecule has 0 radical (unpaired) electrons. The topological polar surface area (TPSA) is 63.3 Å². The molecule has 0 heterocycles. The van der Waals surface area contributed by atoms with Gasteiger partial charge in [0.2, 0.25) is 0 Å². The summed E-state index contributed by atoms with van der Waals surface area (Å²) in [6, 6.07) is 6.10. The van der Waals surface area contributed by atoms with Crippen molar-refractivity contribution in [1.82, 2.24) is 0 Å². The summed E-state index contributed by atoms with van der Waals surface area (Å²) in [5.41, 5.74) is 8.58. The molecule has 1 aromatic rings. The fraction of sp³-hybridized carbons (Fsp3) is 0.462. The van der Waals surface area contributed by atoms with Gasteiger partial charge < -0.3 is 10.8 Å². The Balaban J connectivity index is 2.39. The number of aryl methyl sites for hydroxylation is 1. The number of benzene rings is 1. The van der Waals surface area contributed by atoms with E-state index in [0.29, 0.717) is 12.8 Å². The molecule has 16 heavy (non-hydrogen) atoms. The predicted octanol–water partition coefficient (Wildman–Crippen LogP) is 1.52. The second-order valence-corrected chi connectivity index (χ2v) is 4.55. The number of nitrogens with two attached hydrogens (primary N) is 1. The van der Waals surface area contributed by atoms with Crippen LogP contribution in [0.15, 0.2) is 18.2 Å². The maximum absolute atomic E-state index is 11.1. The Morgan fingerprint density at radius 3 is 2.94 bits per heavy atom. The molecule has 0 bridgehead atoms. The lowest BCUT2D eigenvalue weighted by Crippen LogP contribution is -2.52. The third-order valence-electron chi connectivity index (χ3n) is 3.50. The van der Waals surface area contributed by atoms with Crippen molar-refractivity contribution in [1.29, 1.82) is 0 Å². The van der Waals surface area contributed by atoms with Gasteiger partial charge in [-0.3, -0.25) is 4.79 Å². The Morgan fingerprint density at radius 1 is 1.56 bits per heavy atom. The molecule has 1 atom stereocenters. The molecule has 3 heteroatoms. The highest BCUT2D eigenvalue weighted by Crippen LogP contribution is 2.29. The first-order chi connectivity index (χ1) is 7.57. The van der Waals surface area contributed by atoms with Crippen LogP contribution in [0.1, 0.15) is 30.0 Å². The first-order valence-electron chi connectivity index (χ1n) is 5.69. The minimum Gasteiger partial charge on any atom is -0.480 e. The molecule has 0 aliphatic heterocycles. The zero-order chi connectivity index (χ0) is 11.8. The van der Waals surface area contributed by atoms with Crippen LogP contribution in [0.4, 0.5) is 0 Å². The van der Waals surface area contributed by atoms with Gasteiger partial charge in [0.15, 0.2) is 0 Å². The molecule has 3 nitrogen and oxygen atoms in total. The van der Waals surface area contributed by atoms with E-state index in [0.717, 1.165) is 18.4 Å². The van der Waals surface area contributed by atoms with E-state index in [2.05, 4.69) is 13.0 Å². The number of hydrogen-bond donors (Lipinski definition) is 2. The molecule has 0 fully saturated rings. The quantitative estimate of drug-likeness (QED) is 0.792. The van der Waals surface area contributed by atoms with E-state index in [9.17, 15) is 4.79 Å². The normalized spacial score (nSPS) is 23.9. The highest BCUT2D eigenvalue weighted by atomic mass is 16.4. The average Bonchev–Trinajstić information content (AvgIpc) is 2.27. The average molecular weight is 219 g/mol. The summed E-state index contributed by atoms with van der Waals surface area (Å²) >= 11 is 0. The second-order valence-electron chi connectivity index (χ2n) is 4.55. The lowest BCUT2D eigenvalue weighted by atomic mass is 9.77. The van der Waals surface area contributed by atoms with Gasteiger partial charge in [-0.05, 0) is 36.0 Å². The van der Waals surface area contributed by atoms with Crippen LogP contribution < -0.4 is 5.73 Å². The van der Waals surface area contributed by atoms with Gasteiger partial charge in [-0.15, -0.1) is 0 Å². The largest absolute Gasteiger partial charge is 0.480 e. The molecule has 0 spiro atoms. The van der Waals surface area contributed by atoms with Crippen molar-refractivity contribution in [2.24, 2.45) is 5.73 Å². The number of aliphatic carboxylic acids is 1. The van der Waals surface area contributed by atoms with E-state index in [1.807, 2.05) is 12.1 Å². The third kappa shape index (κ3) is 1.71. The van der Waals surface area contributed by atoms with E-state index in [4.69, 9.17) is 10.8 Å². The molecule has 3 N–H and O–H groups in total. The smallest absolute Gasteiger partial charge is 0.324 e. The minimum absolute atomic E-state index is 0.450. The molecular formula is C13H17NO2. The van der Waals surface area contributed by atoms with Crippen molar-refractivity contribution in [3.8, 4) is 0 Å². The molecule has 1 aliphatic carbocycles.